The number of halogens is 1. The van der Waals surface area contributed by atoms with Crippen LogP contribution >= 0.6 is 22.9 Å². The van der Waals surface area contributed by atoms with Gasteiger partial charge in [-0.1, -0.05) is 0 Å². The van der Waals surface area contributed by atoms with Crippen molar-refractivity contribution < 1.29 is 4.79 Å². The lowest BCUT2D eigenvalue weighted by molar-refractivity contribution is -0.113. The fourth-order valence-electron chi connectivity index (χ4n) is 1.24. The van der Waals surface area contributed by atoms with Crippen molar-refractivity contribution in [1.82, 2.24) is 0 Å². The Balaban J connectivity index is 2.30. The summed E-state index contributed by atoms with van der Waals surface area (Å²) in [6, 6.07) is 7.83. The van der Waals surface area contributed by atoms with Crippen LogP contribution in [0.3, 0.4) is 0 Å². The first-order valence-electron chi connectivity index (χ1n) is 4.12. The number of amides is 1. The zero-order valence-electron chi connectivity index (χ0n) is 7.29. The minimum atomic E-state index is -0.179. The highest BCUT2D eigenvalue weighted by molar-refractivity contribution is 7.17. The van der Waals surface area contributed by atoms with Crippen LogP contribution in [-0.4, -0.2) is 11.8 Å². The van der Waals surface area contributed by atoms with Crippen molar-refractivity contribution in [1.29, 1.82) is 0 Å². The minimum Gasteiger partial charge on any atom is -0.325 e. The lowest BCUT2D eigenvalue weighted by atomic mass is 10.2. The summed E-state index contributed by atoms with van der Waals surface area (Å²) < 4.78 is 1.22. The van der Waals surface area contributed by atoms with Crippen LogP contribution in [0.1, 0.15) is 0 Å². The van der Waals surface area contributed by atoms with Crippen molar-refractivity contribution in [3.05, 3.63) is 29.6 Å². The number of hydrogen-bond donors (Lipinski definition) is 1. The molecule has 1 heterocycles. The molecule has 1 aromatic heterocycles. The van der Waals surface area contributed by atoms with Gasteiger partial charge < -0.3 is 5.32 Å². The summed E-state index contributed by atoms with van der Waals surface area (Å²) in [5.74, 6) is -0.192. The van der Waals surface area contributed by atoms with Gasteiger partial charge in [0, 0.05) is 10.4 Å². The van der Waals surface area contributed by atoms with Crippen LogP contribution in [0, 0.1) is 0 Å². The van der Waals surface area contributed by atoms with Gasteiger partial charge in [0.25, 0.3) is 0 Å². The predicted octanol–water partition coefficient (Wildman–Crippen LogP) is 3.08. The van der Waals surface area contributed by atoms with Gasteiger partial charge in [-0.3, -0.25) is 4.79 Å². The Labute approximate surface area is 90.5 Å². The molecule has 0 saturated heterocycles. The van der Waals surface area contributed by atoms with Crippen LogP contribution in [0.5, 0.6) is 0 Å². The third-order valence-electron chi connectivity index (χ3n) is 1.86. The number of carbonyl (C=O) groups excluding carboxylic acids is 1. The number of alkyl halides is 1. The maximum Gasteiger partial charge on any atom is 0.239 e. The Morgan fingerprint density at radius 3 is 3.07 bits per heavy atom. The third-order valence-corrected chi connectivity index (χ3v) is 3.00. The van der Waals surface area contributed by atoms with E-state index in [4.69, 9.17) is 11.6 Å². The van der Waals surface area contributed by atoms with Crippen molar-refractivity contribution in [2.75, 3.05) is 11.2 Å². The van der Waals surface area contributed by atoms with Crippen LogP contribution in [0.2, 0.25) is 0 Å². The second kappa shape index (κ2) is 3.98. The summed E-state index contributed by atoms with van der Waals surface area (Å²) >= 11 is 7.07. The Hall–Kier alpha value is -1.06. The Bertz CT molecular complexity index is 466. The molecule has 0 aliphatic heterocycles. The van der Waals surface area contributed by atoms with E-state index >= 15 is 0 Å². The van der Waals surface area contributed by atoms with Gasteiger partial charge in [-0.15, -0.1) is 22.9 Å². The molecular weight excluding hydrogens is 218 g/mol. The van der Waals surface area contributed by atoms with E-state index in [1.807, 2.05) is 29.6 Å². The molecule has 2 aromatic rings. The average Bonchev–Trinajstić information content (AvgIpc) is 2.64. The molecule has 0 fully saturated rings. The normalized spacial score (nSPS) is 10.4. The molecule has 0 aliphatic rings. The fourth-order valence-corrected chi connectivity index (χ4v) is 2.08. The second-order valence-corrected chi connectivity index (χ2v) is 4.07. The molecule has 1 N–H and O–H groups in total. The zero-order chi connectivity index (χ0) is 9.97. The highest BCUT2D eigenvalue weighted by Crippen LogP contribution is 2.23. The van der Waals surface area contributed by atoms with Crippen LogP contribution in [0.25, 0.3) is 10.1 Å². The molecule has 0 aliphatic carbocycles. The quantitative estimate of drug-likeness (QED) is 0.782. The molecule has 14 heavy (non-hydrogen) atoms. The van der Waals surface area contributed by atoms with Gasteiger partial charge in [-0.05, 0) is 35.0 Å². The summed E-state index contributed by atoms with van der Waals surface area (Å²) in [4.78, 5) is 11.0. The zero-order valence-corrected chi connectivity index (χ0v) is 8.86. The maximum absolute atomic E-state index is 11.0. The molecule has 1 aromatic carbocycles. The summed E-state index contributed by atoms with van der Waals surface area (Å²) in [7, 11) is 0. The maximum atomic E-state index is 11.0. The fraction of sp³-hybridized carbons (Fsp3) is 0.100. The van der Waals surface area contributed by atoms with E-state index in [2.05, 4.69) is 5.32 Å². The van der Waals surface area contributed by atoms with Crippen LogP contribution in [0.15, 0.2) is 29.6 Å². The third kappa shape index (κ3) is 1.89. The van der Waals surface area contributed by atoms with Gasteiger partial charge in [0.15, 0.2) is 0 Å². The van der Waals surface area contributed by atoms with E-state index in [0.29, 0.717) is 0 Å². The van der Waals surface area contributed by atoms with Gasteiger partial charge in [0.2, 0.25) is 5.91 Å². The Kier molecular flexibility index (Phi) is 2.70. The largest absolute Gasteiger partial charge is 0.325 e. The van der Waals surface area contributed by atoms with E-state index in [9.17, 15) is 4.79 Å². The number of rotatable bonds is 2. The molecule has 2 rings (SSSR count). The van der Waals surface area contributed by atoms with Crippen molar-refractivity contribution >= 4 is 44.6 Å². The van der Waals surface area contributed by atoms with E-state index in [-0.39, 0.29) is 11.8 Å². The van der Waals surface area contributed by atoms with Gasteiger partial charge in [-0.25, -0.2) is 0 Å². The predicted molar refractivity (Wildman–Crippen MR) is 61.2 cm³/mol. The molecular formula is C10H8ClNOS. The minimum absolute atomic E-state index is 0.0122. The van der Waals surface area contributed by atoms with Gasteiger partial charge >= 0.3 is 0 Å². The number of anilines is 1. The van der Waals surface area contributed by atoms with Crippen molar-refractivity contribution in [3.8, 4) is 0 Å². The molecule has 72 valence electrons. The first kappa shape index (κ1) is 9.49. The smallest absolute Gasteiger partial charge is 0.239 e. The highest BCUT2D eigenvalue weighted by Gasteiger charge is 2.01. The topological polar surface area (TPSA) is 29.1 Å². The lowest BCUT2D eigenvalue weighted by Gasteiger charge is -2.02. The summed E-state index contributed by atoms with van der Waals surface area (Å²) in [5, 5.41) is 5.87. The molecule has 0 bridgehead atoms. The first-order chi connectivity index (χ1) is 6.79. The number of fused-ring (bicyclic) bond motifs is 1. The monoisotopic (exact) mass is 225 g/mol. The molecule has 0 atom stereocenters. The van der Waals surface area contributed by atoms with E-state index < -0.39 is 0 Å². The van der Waals surface area contributed by atoms with E-state index in [0.717, 1.165) is 11.1 Å². The van der Waals surface area contributed by atoms with E-state index in [1.54, 1.807) is 11.3 Å². The summed E-state index contributed by atoms with van der Waals surface area (Å²) in [6.07, 6.45) is 0. The van der Waals surface area contributed by atoms with Crippen molar-refractivity contribution in [3.63, 3.8) is 0 Å². The molecule has 2 nitrogen and oxygen atoms in total. The number of benzene rings is 1. The molecule has 0 saturated carbocycles. The van der Waals surface area contributed by atoms with Crippen LogP contribution < -0.4 is 5.32 Å². The number of nitrogens with one attached hydrogen (secondary N) is 1. The van der Waals surface area contributed by atoms with Gasteiger partial charge in [0.05, 0.1) is 0 Å². The average molecular weight is 226 g/mol. The summed E-state index contributed by atoms with van der Waals surface area (Å²) in [5.41, 5.74) is 0.793. The number of thiophene rings is 1. The summed E-state index contributed by atoms with van der Waals surface area (Å²) in [6.45, 7) is 0. The molecule has 0 radical (unpaired) electrons. The molecule has 0 unspecified atom stereocenters. The van der Waals surface area contributed by atoms with Crippen LogP contribution in [-0.2, 0) is 4.79 Å². The van der Waals surface area contributed by atoms with Crippen molar-refractivity contribution in [2.45, 2.75) is 0 Å². The van der Waals surface area contributed by atoms with Gasteiger partial charge in [0.1, 0.15) is 5.88 Å². The molecule has 1 amide bonds. The highest BCUT2D eigenvalue weighted by atomic mass is 35.5. The Morgan fingerprint density at radius 2 is 2.29 bits per heavy atom. The van der Waals surface area contributed by atoms with Crippen LogP contribution in [0.4, 0.5) is 5.69 Å². The van der Waals surface area contributed by atoms with E-state index in [1.165, 1.54) is 4.70 Å². The van der Waals surface area contributed by atoms with Gasteiger partial charge in [-0.2, -0.15) is 0 Å². The second-order valence-electron chi connectivity index (χ2n) is 2.86. The SMILES string of the molecule is O=C(CCl)Nc1ccc2sccc2c1. The standard InChI is InChI=1S/C10H8ClNOS/c11-6-10(13)12-8-1-2-9-7(5-8)3-4-14-9/h1-5H,6H2,(H,12,13). The lowest BCUT2D eigenvalue weighted by Crippen LogP contribution is -2.12. The van der Waals surface area contributed by atoms with Crippen molar-refractivity contribution in [2.24, 2.45) is 0 Å². The Morgan fingerprint density at radius 1 is 1.43 bits per heavy atom. The number of carbonyl (C=O) groups is 1. The molecule has 4 heteroatoms. The first-order valence-corrected chi connectivity index (χ1v) is 5.54. The molecule has 0 spiro atoms. The number of hydrogen-bond acceptors (Lipinski definition) is 2.